The monoisotopic (exact) mass is 423 g/mol. The number of benzene rings is 2. The van der Waals surface area contributed by atoms with E-state index in [4.69, 9.17) is 4.98 Å². The molecule has 1 fully saturated rings. The van der Waals surface area contributed by atoms with Crippen LogP contribution < -0.4 is 0 Å². The van der Waals surface area contributed by atoms with Gasteiger partial charge in [0, 0.05) is 31.1 Å². The molecule has 0 bridgehead atoms. The second kappa shape index (κ2) is 8.49. The molecule has 1 aliphatic rings. The fourth-order valence-corrected chi connectivity index (χ4v) is 4.27. The van der Waals surface area contributed by atoms with Crippen LogP contribution in [0.15, 0.2) is 42.5 Å². The average molecular weight is 423 g/mol. The Labute approximate surface area is 180 Å². The third-order valence-electron chi connectivity index (χ3n) is 5.97. The molecule has 0 aliphatic carbocycles. The first-order chi connectivity index (χ1) is 14.8. The number of imidazole rings is 1. The number of likely N-dealkylation sites (tertiary alicyclic amines) is 1. The van der Waals surface area contributed by atoms with E-state index in [9.17, 15) is 19.1 Å². The standard InChI is InChI=1S/C24H26FN3O3/c1-15(2)22-26-20-13-18(24(30)31)5-8-21(20)28(22)14-16-9-11-27(12-10-16)23(29)17-3-6-19(25)7-4-17/h3-8,13,15-16H,9-12,14H2,1-2H3,(H,30,31). The lowest BCUT2D eigenvalue weighted by Crippen LogP contribution is -2.39. The number of carboxylic acid groups (broad SMARTS) is 1. The first-order valence-electron chi connectivity index (χ1n) is 10.6. The molecule has 31 heavy (non-hydrogen) atoms. The van der Waals surface area contributed by atoms with E-state index in [-0.39, 0.29) is 23.2 Å². The first kappa shape index (κ1) is 21.0. The topological polar surface area (TPSA) is 75.4 Å². The number of aromatic nitrogens is 2. The predicted molar refractivity (Wildman–Crippen MR) is 116 cm³/mol. The Morgan fingerprint density at radius 2 is 1.74 bits per heavy atom. The van der Waals surface area contributed by atoms with E-state index in [1.54, 1.807) is 12.1 Å². The Hall–Kier alpha value is -3.22. The number of carbonyl (C=O) groups is 2. The highest BCUT2D eigenvalue weighted by Gasteiger charge is 2.26. The van der Waals surface area contributed by atoms with Crippen molar-refractivity contribution in [2.45, 2.75) is 39.2 Å². The molecular formula is C24H26FN3O3. The van der Waals surface area contributed by atoms with E-state index in [0.29, 0.717) is 30.1 Å². The van der Waals surface area contributed by atoms with Gasteiger partial charge in [0.15, 0.2) is 0 Å². The molecule has 0 unspecified atom stereocenters. The number of amides is 1. The molecule has 0 saturated carbocycles. The number of piperidine rings is 1. The van der Waals surface area contributed by atoms with Crippen molar-refractivity contribution in [1.29, 1.82) is 0 Å². The van der Waals surface area contributed by atoms with Gasteiger partial charge in [0.25, 0.3) is 5.91 Å². The lowest BCUT2D eigenvalue weighted by Gasteiger charge is -2.32. The first-order valence-corrected chi connectivity index (χ1v) is 10.6. The summed E-state index contributed by atoms with van der Waals surface area (Å²) in [6, 6.07) is 10.8. The summed E-state index contributed by atoms with van der Waals surface area (Å²) in [5, 5.41) is 9.27. The van der Waals surface area contributed by atoms with Gasteiger partial charge >= 0.3 is 5.97 Å². The maximum Gasteiger partial charge on any atom is 0.335 e. The molecule has 1 amide bonds. The highest BCUT2D eigenvalue weighted by Crippen LogP contribution is 2.27. The molecule has 1 N–H and O–H groups in total. The summed E-state index contributed by atoms with van der Waals surface area (Å²) >= 11 is 0. The molecule has 2 heterocycles. The smallest absolute Gasteiger partial charge is 0.335 e. The number of aromatic carboxylic acids is 1. The van der Waals surface area contributed by atoms with Crippen LogP contribution in [0.25, 0.3) is 11.0 Å². The molecule has 4 rings (SSSR count). The quantitative estimate of drug-likeness (QED) is 0.653. The van der Waals surface area contributed by atoms with Crippen molar-refractivity contribution in [3.05, 3.63) is 65.2 Å². The molecule has 0 atom stereocenters. The van der Waals surface area contributed by atoms with Crippen molar-refractivity contribution in [3.63, 3.8) is 0 Å². The number of rotatable bonds is 5. The molecular weight excluding hydrogens is 397 g/mol. The highest BCUT2D eigenvalue weighted by atomic mass is 19.1. The predicted octanol–water partition coefficient (Wildman–Crippen LogP) is 4.55. The van der Waals surface area contributed by atoms with Crippen LogP contribution in [0.5, 0.6) is 0 Å². The zero-order valence-corrected chi connectivity index (χ0v) is 17.7. The second-order valence-electron chi connectivity index (χ2n) is 8.49. The lowest BCUT2D eigenvalue weighted by molar-refractivity contribution is 0.0678. The van der Waals surface area contributed by atoms with Crippen molar-refractivity contribution in [3.8, 4) is 0 Å². The molecule has 1 aromatic heterocycles. The van der Waals surface area contributed by atoms with Crippen molar-refractivity contribution >= 4 is 22.9 Å². The lowest BCUT2D eigenvalue weighted by atomic mass is 9.95. The van der Waals surface area contributed by atoms with Crippen molar-refractivity contribution < 1.29 is 19.1 Å². The summed E-state index contributed by atoms with van der Waals surface area (Å²) in [7, 11) is 0. The molecule has 7 heteroatoms. The SMILES string of the molecule is CC(C)c1nc2cc(C(=O)O)ccc2n1CC1CCN(C(=O)c2ccc(F)cc2)CC1. The number of hydrogen-bond acceptors (Lipinski definition) is 3. The Bertz CT molecular complexity index is 1110. The Morgan fingerprint density at radius 1 is 1.10 bits per heavy atom. The van der Waals surface area contributed by atoms with Gasteiger partial charge in [0.1, 0.15) is 11.6 Å². The van der Waals surface area contributed by atoms with Crippen molar-refractivity contribution in [1.82, 2.24) is 14.5 Å². The summed E-state index contributed by atoms with van der Waals surface area (Å²) in [6.45, 7) is 6.27. The van der Waals surface area contributed by atoms with Crippen LogP contribution in [0.4, 0.5) is 4.39 Å². The van der Waals surface area contributed by atoms with Crippen LogP contribution in [0, 0.1) is 11.7 Å². The summed E-state index contributed by atoms with van der Waals surface area (Å²) in [4.78, 5) is 30.5. The van der Waals surface area contributed by atoms with Crippen LogP contribution in [-0.2, 0) is 6.54 Å². The minimum Gasteiger partial charge on any atom is -0.478 e. The Morgan fingerprint density at radius 3 is 2.35 bits per heavy atom. The Kier molecular flexibility index (Phi) is 5.76. The van der Waals surface area contributed by atoms with Gasteiger partial charge < -0.3 is 14.6 Å². The summed E-state index contributed by atoms with van der Waals surface area (Å²) in [5.41, 5.74) is 2.39. The minimum atomic E-state index is -0.958. The number of hydrogen-bond donors (Lipinski definition) is 1. The van der Waals surface area contributed by atoms with E-state index in [2.05, 4.69) is 18.4 Å². The number of nitrogens with zero attached hydrogens (tertiary/aromatic N) is 3. The van der Waals surface area contributed by atoms with E-state index >= 15 is 0 Å². The molecule has 1 aliphatic heterocycles. The summed E-state index contributed by atoms with van der Waals surface area (Å²) < 4.78 is 15.3. The van der Waals surface area contributed by atoms with Crippen molar-refractivity contribution in [2.75, 3.05) is 13.1 Å². The maximum absolute atomic E-state index is 13.1. The van der Waals surface area contributed by atoms with Crippen LogP contribution >= 0.6 is 0 Å². The van der Waals surface area contributed by atoms with Gasteiger partial charge in [-0.25, -0.2) is 14.2 Å². The number of carbonyl (C=O) groups excluding carboxylic acids is 1. The molecule has 2 aromatic carbocycles. The van der Waals surface area contributed by atoms with Crippen LogP contribution in [0.2, 0.25) is 0 Å². The van der Waals surface area contributed by atoms with Crippen molar-refractivity contribution in [2.24, 2.45) is 5.92 Å². The van der Waals surface area contributed by atoms with Crippen LogP contribution in [0.3, 0.4) is 0 Å². The number of fused-ring (bicyclic) bond motifs is 1. The largest absolute Gasteiger partial charge is 0.478 e. The van der Waals surface area contributed by atoms with E-state index in [0.717, 1.165) is 30.7 Å². The molecule has 0 spiro atoms. The van der Waals surface area contributed by atoms with E-state index in [1.165, 1.54) is 24.3 Å². The molecule has 0 radical (unpaired) electrons. The van der Waals surface area contributed by atoms with E-state index in [1.807, 2.05) is 11.0 Å². The number of carboxylic acids is 1. The van der Waals surface area contributed by atoms with Gasteiger partial charge in [0.2, 0.25) is 0 Å². The molecule has 162 valence electrons. The number of halogens is 1. The minimum absolute atomic E-state index is 0.0596. The van der Waals surface area contributed by atoms with Gasteiger partial charge in [0.05, 0.1) is 16.6 Å². The summed E-state index contributed by atoms with van der Waals surface area (Å²) in [6.07, 6.45) is 1.74. The van der Waals surface area contributed by atoms with Gasteiger partial charge in [-0.15, -0.1) is 0 Å². The van der Waals surface area contributed by atoms with E-state index < -0.39 is 5.97 Å². The normalized spacial score (nSPS) is 15.0. The van der Waals surface area contributed by atoms with Gasteiger partial charge in [-0.2, -0.15) is 0 Å². The van der Waals surface area contributed by atoms with Gasteiger partial charge in [-0.1, -0.05) is 13.8 Å². The summed E-state index contributed by atoms with van der Waals surface area (Å²) in [5.74, 6) is 0.185. The van der Waals surface area contributed by atoms with Crippen LogP contribution in [0.1, 0.15) is 59.1 Å². The fraction of sp³-hybridized carbons (Fsp3) is 0.375. The zero-order valence-electron chi connectivity index (χ0n) is 17.7. The van der Waals surface area contributed by atoms with Gasteiger partial charge in [-0.05, 0) is 61.2 Å². The molecule has 3 aromatic rings. The van der Waals surface area contributed by atoms with Crippen LogP contribution in [-0.4, -0.2) is 44.5 Å². The second-order valence-corrected chi connectivity index (χ2v) is 8.49. The zero-order chi connectivity index (χ0) is 22.1. The molecule has 6 nitrogen and oxygen atoms in total. The Balaban J connectivity index is 1.49. The average Bonchev–Trinajstić information content (AvgIpc) is 3.12. The third kappa shape index (κ3) is 4.31. The third-order valence-corrected chi connectivity index (χ3v) is 5.97. The fourth-order valence-electron chi connectivity index (χ4n) is 4.27. The maximum atomic E-state index is 13.1. The molecule has 1 saturated heterocycles. The highest BCUT2D eigenvalue weighted by molar-refractivity contribution is 5.94. The van der Waals surface area contributed by atoms with Gasteiger partial charge in [-0.3, -0.25) is 4.79 Å².